The number of aliphatic hydroxyl groups is 1. The van der Waals surface area contributed by atoms with E-state index in [9.17, 15) is 27.9 Å². The normalized spacial score (nSPS) is 18.2. The number of nitrogens with two attached hydrogens (primary N) is 1. The Labute approximate surface area is 237 Å². The minimum absolute atomic E-state index is 0.0216. The molecule has 4 N–H and O–H groups in total. The van der Waals surface area contributed by atoms with E-state index in [1.165, 1.54) is 25.3 Å². The predicted octanol–water partition coefficient (Wildman–Crippen LogP) is 4.26. The maximum Gasteiger partial charge on any atom is 0.416 e. The maximum atomic E-state index is 15.5. The molecule has 0 unspecified atom stereocenters. The average Bonchev–Trinajstić information content (AvgIpc) is 3.33. The minimum Gasteiger partial charge on any atom is -0.384 e. The fourth-order valence-corrected chi connectivity index (χ4v) is 5.14. The first-order valence-corrected chi connectivity index (χ1v) is 13.1. The van der Waals surface area contributed by atoms with E-state index >= 15 is 4.39 Å². The number of nitrogen functional groups attached to an aromatic ring is 1. The number of nitrogens with zero attached hydrogens (tertiary/aromatic N) is 5. The first kappa shape index (κ1) is 28.9. The number of likely N-dealkylation sites (tertiary alicyclic amines) is 1. The highest BCUT2D eigenvalue weighted by Crippen LogP contribution is 2.36. The Kier molecular flexibility index (Phi) is 7.58. The van der Waals surface area contributed by atoms with Crippen molar-refractivity contribution < 1.29 is 32.3 Å². The molecule has 5 rings (SSSR count). The van der Waals surface area contributed by atoms with Crippen molar-refractivity contribution in [2.45, 2.75) is 50.9 Å². The number of alkyl halides is 3. The van der Waals surface area contributed by atoms with Gasteiger partial charge in [-0.1, -0.05) is 0 Å². The second-order valence-electron chi connectivity index (χ2n) is 10.2. The zero-order chi connectivity index (χ0) is 30.3. The number of pyridine rings is 1. The maximum absolute atomic E-state index is 15.5. The van der Waals surface area contributed by atoms with E-state index in [1.54, 1.807) is 15.5 Å². The fraction of sp³-hybridized carbons (Fsp3) is 0.321. The topological polar surface area (TPSA) is 139 Å². The molecule has 2 amide bonds. The Morgan fingerprint density at radius 1 is 1.14 bits per heavy atom. The van der Waals surface area contributed by atoms with Gasteiger partial charge < -0.3 is 21.1 Å². The van der Waals surface area contributed by atoms with Crippen LogP contribution < -0.4 is 11.1 Å². The van der Waals surface area contributed by atoms with Gasteiger partial charge in [-0.3, -0.25) is 14.0 Å². The molecule has 0 bridgehead atoms. The van der Waals surface area contributed by atoms with Crippen LogP contribution in [0.25, 0.3) is 16.8 Å². The van der Waals surface area contributed by atoms with Crippen molar-refractivity contribution >= 4 is 29.0 Å². The molecular weight excluding hydrogens is 558 g/mol. The summed E-state index contributed by atoms with van der Waals surface area (Å²) in [6.07, 6.45) is -0.420. The van der Waals surface area contributed by atoms with Gasteiger partial charge in [-0.15, -0.1) is 0 Å². The highest BCUT2D eigenvalue weighted by atomic mass is 19.4. The van der Waals surface area contributed by atoms with Gasteiger partial charge in [0.05, 0.1) is 5.56 Å². The number of carbonyl (C=O) groups is 2. The number of fused-ring (bicyclic) bond motifs is 1. The van der Waals surface area contributed by atoms with Crippen molar-refractivity contribution in [1.29, 1.82) is 0 Å². The van der Waals surface area contributed by atoms with Crippen LogP contribution in [-0.2, 0) is 11.0 Å². The Bertz CT molecular complexity index is 1670. The molecule has 4 aromatic rings. The number of imidazole rings is 1. The van der Waals surface area contributed by atoms with Crippen molar-refractivity contribution in [3.05, 3.63) is 71.7 Å². The molecule has 42 heavy (non-hydrogen) atoms. The molecule has 0 saturated carbocycles. The van der Waals surface area contributed by atoms with Gasteiger partial charge in [-0.2, -0.15) is 13.2 Å². The fourth-order valence-electron chi connectivity index (χ4n) is 5.14. The molecular formula is C28H27F4N7O3. The number of aliphatic hydroxyl groups excluding tert-OH is 1. The summed E-state index contributed by atoms with van der Waals surface area (Å²) in [5.41, 5.74) is 5.57. The van der Waals surface area contributed by atoms with Crippen molar-refractivity contribution in [3.63, 3.8) is 0 Å². The van der Waals surface area contributed by atoms with Gasteiger partial charge in [0.25, 0.3) is 11.8 Å². The quantitative estimate of drug-likeness (QED) is 0.298. The number of halogens is 4. The second-order valence-corrected chi connectivity index (χ2v) is 10.2. The monoisotopic (exact) mass is 585 g/mol. The van der Waals surface area contributed by atoms with Crippen LogP contribution in [0, 0.1) is 5.82 Å². The van der Waals surface area contributed by atoms with E-state index in [1.807, 2.05) is 6.92 Å². The average molecular weight is 586 g/mol. The Morgan fingerprint density at radius 2 is 1.90 bits per heavy atom. The number of hydrogen-bond donors (Lipinski definition) is 3. The third-order valence-electron chi connectivity index (χ3n) is 7.31. The number of amides is 2. The molecule has 0 aliphatic carbocycles. The summed E-state index contributed by atoms with van der Waals surface area (Å²) in [6, 6.07) is 4.95. The van der Waals surface area contributed by atoms with Crippen LogP contribution in [0.2, 0.25) is 0 Å². The molecule has 1 saturated heterocycles. The molecule has 0 radical (unpaired) electrons. The molecule has 1 fully saturated rings. The molecule has 3 aromatic heterocycles. The van der Waals surface area contributed by atoms with Crippen molar-refractivity contribution in [1.82, 2.24) is 24.3 Å². The van der Waals surface area contributed by atoms with Gasteiger partial charge in [0, 0.05) is 48.2 Å². The lowest BCUT2D eigenvalue weighted by Gasteiger charge is -2.38. The molecule has 1 aliphatic rings. The summed E-state index contributed by atoms with van der Waals surface area (Å²) in [4.78, 5) is 39.5. The number of aromatic nitrogens is 4. The van der Waals surface area contributed by atoms with Crippen molar-refractivity contribution in [3.8, 4) is 11.3 Å². The van der Waals surface area contributed by atoms with Crippen molar-refractivity contribution in [2.75, 3.05) is 17.6 Å². The number of anilines is 2. The van der Waals surface area contributed by atoms with Crippen LogP contribution in [0.3, 0.4) is 0 Å². The van der Waals surface area contributed by atoms with Crippen LogP contribution in [-0.4, -0.2) is 59.9 Å². The van der Waals surface area contributed by atoms with Crippen molar-refractivity contribution in [2.24, 2.45) is 0 Å². The Balaban J connectivity index is 1.47. The number of hydrogen-bond acceptors (Lipinski definition) is 7. The SMILES string of the molecule is C[C@@H](O)C(=O)N1C[C@H](c2nc(-c3ccc(C(=O)Nc4cc(C(F)(F)F)ccn4)cc3F)c3c(N)nccn23)CC[C@@H]1C. The summed E-state index contributed by atoms with van der Waals surface area (Å²) in [5.74, 6) is -2.05. The van der Waals surface area contributed by atoms with Gasteiger partial charge in [0.15, 0.2) is 0 Å². The molecule has 4 heterocycles. The molecule has 3 atom stereocenters. The summed E-state index contributed by atoms with van der Waals surface area (Å²) in [5, 5.41) is 12.1. The summed E-state index contributed by atoms with van der Waals surface area (Å²) in [6.45, 7) is 3.61. The first-order valence-electron chi connectivity index (χ1n) is 13.1. The van der Waals surface area contributed by atoms with E-state index < -0.39 is 35.5 Å². The lowest BCUT2D eigenvalue weighted by Crippen LogP contribution is -2.48. The third kappa shape index (κ3) is 5.49. The lowest BCUT2D eigenvalue weighted by molar-refractivity contribution is -0.143. The molecule has 0 spiro atoms. The Hall–Kier alpha value is -4.59. The zero-order valence-electron chi connectivity index (χ0n) is 22.6. The van der Waals surface area contributed by atoms with Gasteiger partial charge in [-0.25, -0.2) is 19.3 Å². The number of piperidine rings is 1. The summed E-state index contributed by atoms with van der Waals surface area (Å²) >= 11 is 0. The van der Waals surface area contributed by atoms with E-state index in [2.05, 4.69) is 15.3 Å². The molecule has 1 aliphatic heterocycles. The van der Waals surface area contributed by atoms with E-state index in [0.29, 0.717) is 30.2 Å². The predicted molar refractivity (Wildman–Crippen MR) is 145 cm³/mol. The molecule has 220 valence electrons. The Morgan fingerprint density at radius 3 is 2.60 bits per heavy atom. The number of carbonyl (C=O) groups excluding carboxylic acids is 2. The highest BCUT2D eigenvalue weighted by molar-refractivity contribution is 6.04. The standard InChI is InChI=1S/C28H27F4N7O3/c1-14-3-4-17(13-39(14)27(42)15(2)40)25-37-22(23-24(33)35-9-10-38(23)25)19-6-5-16(11-20(19)29)26(41)36-21-12-18(7-8-34-21)28(30,31)32/h5-12,14-15,17,40H,3-4,13H2,1-2H3,(H2,33,35)(H,34,36,41)/t14-,15+,17+/m0/s1. The molecule has 14 heteroatoms. The van der Waals surface area contributed by atoms with Gasteiger partial charge in [0.1, 0.15) is 40.6 Å². The highest BCUT2D eigenvalue weighted by Gasteiger charge is 2.34. The van der Waals surface area contributed by atoms with Crippen LogP contribution in [0.1, 0.15) is 54.4 Å². The second kappa shape index (κ2) is 11.0. The third-order valence-corrected chi connectivity index (χ3v) is 7.31. The first-order chi connectivity index (χ1) is 19.8. The smallest absolute Gasteiger partial charge is 0.384 e. The van der Waals surface area contributed by atoms with Gasteiger partial charge in [0.2, 0.25) is 0 Å². The number of benzene rings is 1. The largest absolute Gasteiger partial charge is 0.416 e. The van der Waals surface area contributed by atoms with Crippen LogP contribution in [0.5, 0.6) is 0 Å². The van der Waals surface area contributed by atoms with Crippen LogP contribution in [0.4, 0.5) is 29.2 Å². The van der Waals surface area contributed by atoms with Crippen LogP contribution in [0.15, 0.2) is 48.9 Å². The molecule has 1 aromatic carbocycles. The minimum atomic E-state index is -4.62. The number of nitrogens with one attached hydrogen (secondary N) is 1. The van der Waals surface area contributed by atoms with Gasteiger partial charge >= 0.3 is 6.18 Å². The van der Waals surface area contributed by atoms with Gasteiger partial charge in [-0.05, 0) is 57.0 Å². The van der Waals surface area contributed by atoms with E-state index in [4.69, 9.17) is 10.7 Å². The van der Waals surface area contributed by atoms with E-state index in [-0.39, 0.29) is 47.0 Å². The summed E-state index contributed by atoms with van der Waals surface area (Å²) < 4.78 is 56.3. The molecule has 10 nitrogen and oxygen atoms in total. The van der Waals surface area contributed by atoms with E-state index in [0.717, 1.165) is 18.3 Å². The number of rotatable bonds is 5. The zero-order valence-corrected chi connectivity index (χ0v) is 22.6. The summed E-state index contributed by atoms with van der Waals surface area (Å²) in [7, 11) is 0. The lowest BCUT2D eigenvalue weighted by atomic mass is 9.92. The van der Waals surface area contributed by atoms with Crippen LogP contribution >= 0.6 is 0 Å².